The number of nitrogens with one attached hydrogen (secondary N) is 2. The second-order valence-corrected chi connectivity index (χ2v) is 6.24. The third kappa shape index (κ3) is 9.29. The van der Waals surface area contributed by atoms with E-state index in [2.05, 4.69) is 10.6 Å². The van der Waals surface area contributed by atoms with Gasteiger partial charge in [0.25, 0.3) is 0 Å². The molecule has 0 radical (unpaired) electrons. The van der Waals surface area contributed by atoms with Crippen molar-refractivity contribution in [2.45, 2.75) is 18.9 Å². The molecule has 2 unspecified atom stereocenters. The lowest BCUT2D eigenvalue weighted by atomic mass is 10.2. The van der Waals surface area contributed by atoms with Crippen LogP contribution in [0.3, 0.4) is 0 Å². The topological polar surface area (TPSA) is 95.5 Å². The number of carbonyl (C=O) groups is 2. The first-order valence-electron chi connectivity index (χ1n) is 5.53. The Labute approximate surface area is 114 Å². The van der Waals surface area contributed by atoms with E-state index < -0.39 is 28.8 Å². The average molecular weight is 296 g/mol. The summed E-state index contributed by atoms with van der Waals surface area (Å²) < 4.78 is 10.8. The van der Waals surface area contributed by atoms with Crippen LogP contribution in [0.4, 0.5) is 4.79 Å². The third-order valence-electron chi connectivity index (χ3n) is 2.11. The van der Waals surface area contributed by atoms with Gasteiger partial charge in [0.05, 0.1) is 0 Å². The maximum Gasteiger partial charge on any atom is 0.326 e. The summed E-state index contributed by atoms with van der Waals surface area (Å²) in [5, 5.41) is 13.8. The summed E-state index contributed by atoms with van der Waals surface area (Å²) in [5.41, 5.74) is 0. The molecule has 0 aliphatic rings. The van der Waals surface area contributed by atoms with Crippen LogP contribution in [0.1, 0.15) is 12.8 Å². The molecule has 18 heavy (non-hydrogen) atoms. The Hall–Kier alpha value is -0.760. The largest absolute Gasteiger partial charge is 0.480 e. The van der Waals surface area contributed by atoms with Gasteiger partial charge in [-0.3, -0.25) is 4.21 Å². The van der Waals surface area contributed by atoms with Gasteiger partial charge in [0.2, 0.25) is 0 Å². The highest BCUT2D eigenvalue weighted by Crippen LogP contribution is 2.00. The summed E-state index contributed by atoms with van der Waals surface area (Å²) >= 11 is 1.53. The summed E-state index contributed by atoms with van der Waals surface area (Å²) in [4.78, 5) is 22.3. The number of urea groups is 1. The van der Waals surface area contributed by atoms with Gasteiger partial charge in [-0.15, -0.1) is 0 Å². The molecule has 0 spiro atoms. The van der Waals surface area contributed by atoms with Crippen molar-refractivity contribution < 1.29 is 18.9 Å². The maximum absolute atomic E-state index is 11.4. The molecule has 0 saturated carbocycles. The van der Waals surface area contributed by atoms with Crippen LogP contribution in [0.15, 0.2) is 0 Å². The van der Waals surface area contributed by atoms with Gasteiger partial charge in [0.15, 0.2) is 0 Å². The van der Waals surface area contributed by atoms with E-state index in [1.165, 1.54) is 11.8 Å². The van der Waals surface area contributed by atoms with Crippen LogP contribution in [0.25, 0.3) is 0 Å². The number of carboxylic acids is 1. The van der Waals surface area contributed by atoms with E-state index in [0.29, 0.717) is 30.9 Å². The van der Waals surface area contributed by atoms with Crippen molar-refractivity contribution in [2.24, 2.45) is 0 Å². The van der Waals surface area contributed by atoms with Crippen molar-refractivity contribution in [3.63, 3.8) is 0 Å². The minimum atomic E-state index is -1.03. The molecule has 0 fully saturated rings. The zero-order valence-electron chi connectivity index (χ0n) is 10.6. The van der Waals surface area contributed by atoms with Gasteiger partial charge in [-0.1, -0.05) is 0 Å². The zero-order chi connectivity index (χ0) is 14.0. The molecule has 0 aromatic rings. The van der Waals surface area contributed by atoms with Gasteiger partial charge in [0.1, 0.15) is 6.04 Å². The fraction of sp³-hybridized carbons (Fsp3) is 0.800. The minimum absolute atomic E-state index is 0.389. The van der Waals surface area contributed by atoms with E-state index in [4.69, 9.17) is 5.11 Å². The van der Waals surface area contributed by atoms with E-state index in [1.54, 1.807) is 6.26 Å². The number of thioether (sulfide) groups is 1. The highest BCUT2D eigenvalue weighted by atomic mass is 32.2. The van der Waals surface area contributed by atoms with Crippen molar-refractivity contribution >= 4 is 34.6 Å². The molecule has 3 N–H and O–H groups in total. The second kappa shape index (κ2) is 10.2. The Morgan fingerprint density at radius 1 is 1.44 bits per heavy atom. The number of carbonyl (C=O) groups excluding carboxylic acids is 1. The number of hydrogen-bond donors (Lipinski definition) is 3. The predicted octanol–water partition coefficient (Wildman–Crippen LogP) is 0.261. The molecule has 0 saturated heterocycles. The molecule has 0 aliphatic carbocycles. The molecule has 0 aliphatic heterocycles. The molecule has 8 heteroatoms. The van der Waals surface area contributed by atoms with Gasteiger partial charge < -0.3 is 15.7 Å². The Morgan fingerprint density at radius 2 is 2.11 bits per heavy atom. The highest BCUT2D eigenvalue weighted by Gasteiger charge is 2.18. The summed E-state index contributed by atoms with van der Waals surface area (Å²) in [6.45, 7) is 0.389. The van der Waals surface area contributed by atoms with Crippen molar-refractivity contribution in [1.29, 1.82) is 0 Å². The summed E-state index contributed by atoms with van der Waals surface area (Å²) in [7, 11) is -0.871. The number of amides is 2. The first-order chi connectivity index (χ1) is 8.47. The minimum Gasteiger partial charge on any atom is -0.480 e. The average Bonchev–Trinajstić information content (AvgIpc) is 2.29. The Kier molecular flexibility index (Phi) is 9.76. The maximum atomic E-state index is 11.4. The number of aliphatic carboxylic acids is 1. The van der Waals surface area contributed by atoms with Crippen molar-refractivity contribution in [1.82, 2.24) is 10.6 Å². The molecule has 2 atom stereocenters. The molecule has 0 heterocycles. The van der Waals surface area contributed by atoms with Crippen LogP contribution in [-0.2, 0) is 15.6 Å². The number of rotatable bonds is 9. The van der Waals surface area contributed by atoms with Crippen LogP contribution in [0.2, 0.25) is 0 Å². The lowest BCUT2D eigenvalue weighted by Gasteiger charge is -2.14. The first-order valence-corrected chi connectivity index (χ1v) is 8.65. The number of hydrogen-bond acceptors (Lipinski definition) is 4. The Bertz CT molecular complexity index is 300. The van der Waals surface area contributed by atoms with Crippen LogP contribution in [0, 0.1) is 0 Å². The van der Waals surface area contributed by atoms with Gasteiger partial charge >= 0.3 is 12.0 Å². The monoisotopic (exact) mass is 296 g/mol. The fourth-order valence-electron chi connectivity index (χ4n) is 1.18. The molecule has 6 nitrogen and oxygen atoms in total. The van der Waals surface area contributed by atoms with Crippen LogP contribution in [0.5, 0.6) is 0 Å². The van der Waals surface area contributed by atoms with E-state index in [1.807, 2.05) is 6.26 Å². The smallest absolute Gasteiger partial charge is 0.326 e. The normalized spacial score (nSPS) is 13.7. The van der Waals surface area contributed by atoms with E-state index in [-0.39, 0.29) is 0 Å². The van der Waals surface area contributed by atoms with E-state index in [0.717, 1.165) is 0 Å². The molecular weight excluding hydrogens is 276 g/mol. The molecular formula is C10H20N2O4S2. The van der Waals surface area contributed by atoms with Gasteiger partial charge in [-0.25, -0.2) is 9.59 Å². The molecule has 0 rings (SSSR count). The molecule has 0 aromatic heterocycles. The molecule has 0 bridgehead atoms. The van der Waals surface area contributed by atoms with Crippen LogP contribution >= 0.6 is 11.8 Å². The highest BCUT2D eigenvalue weighted by molar-refractivity contribution is 7.98. The first kappa shape index (κ1) is 17.2. The van der Waals surface area contributed by atoms with Crippen LogP contribution < -0.4 is 10.6 Å². The van der Waals surface area contributed by atoms with E-state index >= 15 is 0 Å². The lowest BCUT2D eigenvalue weighted by molar-refractivity contribution is -0.139. The molecule has 106 valence electrons. The second-order valence-electron chi connectivity index (χ2n) is 3.70. The predicted molar refractivity (Wildman–Crippen MR) is 74.5 cm³/mol. The molecule has 2 amide bonds. The van der Waals surface area contributed by atoms with Crippen molar-refractivity contribution in [3.8, 4) is 0 Å². The van der Waals surface area contributed by atoms with Gasteiger partial charge in [0, 0.05) is 29.4 Å². The zero-order valence-corrected chi connectivity index (χ0v) is 12.2. The van der Waals surface area contributed by atoms with Gasteiger partial charge in [-0.2, -0.15) is 11.8 Å². The van der Waals surface area contributed by atoms with Crippen molar-refractivity contribution in [3.05, 3.63) is 0 Å². The fourth-order valence-corrected chi connectivity index (χ4v) is 2.20. The standard InChI is InChI=1S/C10H20N2O4S2/c1-17-6-4-8(9(13)14)12-10(15)11-5-3-7-18(2)16/h8H,3-7H2,1-2H3,(H,13,14)(H2,11,12,15). The Balaban J connectivity index is 3.87. The van der Waals surface area contributed by atoms with Crippen molar-refractivity contribution in [2.75, 3.05) is 30.6 Å². The SMILES string of the molecule is CSCCC(NC(=O)NCCCS(C)=O)C(=O)O. The van der Waals surface area contributed by atoms with Gasteiger partial charge in [-0.05, 0) is 24.9 Å². The quantitative estimate of drug-likeness (QED) is 0.531. The Morgan fingerprint density at radius 3 is 2.61 bits per heavy atom. The summed E-state index contributed by atoms with van der Waals surface area (Å²) in [5.74, 6) is 0.162. The number of carboxylic acid groups (broad SMARTS) is 1. The van der Waals surface area contributed by atoms with E-state index in [9.17, 15) is 13.8 Å². The summed E-state index contributed by atoms with van der Waals surface area (Å²) in [6, 6.07) is -1.36. The van der Waals surface area contributed by atoms with Crippen LogP contribution in [-0.4, -0.2) is 57.9 Å². The third-order valence-corrected chi connectivity index (χ3v) is 3.62. The summed E-state index contributed by atoms with van der Waals surface area (Å²) in [6.07, 6.45) is 4.48. The molecule has 0 aromatic carbocycles. The lowest BCUT2D eigenvalue weighted by Crippen LogP contribution is -2.46.